The number of methoxy groups -OCH3 is 1. The first-order chi connectivity index (χ1) is 21.3. The molecule has 0 aliphatic carbocycles. The summed E-state index contributed by atoms with van der Waals surface area (Å²) in [6.45, 7) is -1.44. The van der Waals surface area contributed by atoms with Crippen LogP contribution in [0.15, 0.2) is 61.4 Å². The van der Waals surface area contributed by atoms with E-state index in [2.05, 4.69) is 51.2 Å². The van der Waals surface area contributed by atoms with E-state index in [1.54, 1.807) is 30.3 Å². The Morgan fingerprint density at radius 3 is 2.92 bits per heavy atom. The number of carbonyl (C=O) groups excluding carboxylic acids is 1. The quantitative estimate of drug-likeness (QED) is 0.281. The number of hydrogen-bond donors (Lipinski definition) is 2. The number of para-hydroxylation sites is 1. The van der Waals surface area contributed by atoms with Crippen molar-refractivity contribution < 1.29 is 17.8 Å². The molecule has 0 unspecified atom stereocenters. The van der Waals surface area contributed by atoms with Crippen LogP contribution in [0.5, 0.6) is 5.75 Å². The summed E-state index contributed by atoms with van der Waals surface area (Å²) in [6, 6.07) is 11.5. The average molecular weight is 532 g/mol. The number of nitrogens with zero attached hydrogens (tertiary/aromatic N) is 5. The smallest absolute Gasteiger partial charge is 0.247 e. The van der Waals surface area contributed by atoms with E-state index < -0.39 is 19.9 Å². The number of carbonyl (C=O) groups is 1. The molecule has 0 saturated carbocycles. The predicted octanol–water partition coefficient (Wildman–Crippen LogP) is 4.92. The molecule has 1 amide bonds. The molecule has 2 aromatic carbocycles. The van der Waals surface area contributed by atoms with E-state index in [0.29, 0.717) is 33.7 Å². The van der Waals surface area contributed by atoms with E-state index in [0.717, 1.165) is 42.1 Å². The van der Waals surface area contributed by atoms with Gasteiger partial charge in [0.05, 0.1) is 35.4 Å². The summed E-state index contributed by atoms with van der Waals surface area (Å²) < 4.78 is 53.9. The number of nitrogens with one attached hydrogen (secondary N) is 2. The van der Waals surface area contributed by atoms with Gasteiger partial charge in [-0.3, -0.25) is 4.79 Å². The van der Waals surface area contributed by atoms with Crippen molar-refractivity contribution in [2.75, 3.05) is 56.7 Å². The SMILES string of the molecule is [2H]C([2H])([2H])N(CCN(C)c1cc(OC)c(Nc2nccc(-c3cn4c5c(cccc35)CCC4)n2)cc1NC(=O)C=C)C([2H])([2H])[2H]. The Morgan fingerprint density at radius 1 is 1.26 bits per heavy atom. The zero-order valence-corrected chi connectivity index (χ0v) is 22.0. The molecule has 0 saturated heterocycles. The number of aromatic nitrogens is 3. The summed E-state index contributed by atoms with van der Waals surface area (Å²) >= 11 is 0. The molecule has 3 heterocycles. The van der Waals surface area contributed by atoms with Crippen LogP contribution in [0.1, 0.15) is 20.2 Å². The maximum Gasteiger partial charge on any atom is 0.247 e. The first-order valence-electron chi connectivity index (χ1n) is 15.7. The van der Waals surface area contributed by atoms with Gasteiger partial charge in [-0.25, -0.2) is 9.97 Å². The second kappa shape index (κ2) is 11.2. The van der Waals surface area contributed by atoms with Crippen LogP contribution in [-0.4, -0.2) is 66.5 Å². The fourth-order valence-electron chi connectivity index (χ4n) is 4.96. The van der Waals surface area contributed by atoms with E-state index in [4.69, 9.17) is 17.9 Å². The summed E-state index contributed by atoms with van der Waals surface area (Å²) in [7, 11) is 3.15. The minimum atomic E-state index is -2.82. The van der Waals surface area contributed by atoms with Gasteiger partial charge in [-0.05, 0) is 50.6 Å². The predicted molar refractivity (Wildman–Crippen MR) is 158 cm³/mol. The second-order valence-corrected chi connectivity index (χ2v) is 9.38. The standard InChI is InChI=1S/C30H35N7O2/c1-6-28(38)32-24-17-25(27(39-5)18-26(24)36(4)16-15-35(2)3)34-30-31-13-12-23(33-30)22-19-37-14-8-10-20-9-7-11-21(22)29(20)37/h6-7,9,11-13,17-19H,1,8,10,14-16H2,2-5H3,(H,32,38)(H,31,33,34)/i2D3,3D3. The molecule has 1 aliphatic rings. The number of ether oxygens (including phenoxy) is 1. The summed E-state index contributed by atoms with van der Waals surface area (Å²) in [5, 5.41) is 7.11. The van der Waals surface area contributed by atoms with E-state index in [1.165, 1.54) is 18.2 Å². The van der Waals surface area contributed by atoms with Gasteiger partial charge in [0.15, 0.2) is 0 Å². The molecule has 0 spiro atoms. The maximum absolute atomic E-state index is 12.4. The second-order valence-electron chi connectivity index (χ2n) is 9.38. The largest absolute Gasteiger partial charge is 0.494 e. The molecular weight excluding hydrogens is 490 g/mol. The monoisotopic (exact) mass is 531 g/mol. The lowest BCUT2D eigenvalue weighted by Gasteiger charge is -2.26. The van der Waals surface area contributed by atoms with Crippen LogP contribution in [0.2, 0.25) is 0 Å². The van der Waals surface area contributed by atoms with E-state index in [9.17, 15) is 4.79 Å². The molecule has 0 bridgehead atoms. The molecule has 9 nitrogen and oxygen atoms in total. The van der Waals surface area contributed by atoms with Gasteiger partial charge in [0.25, 0.3) is 0 Å². The van der Waals surface area contributed by atoms with E-state index >= 15 is 0 Å². The van der Waals surface area contributed by atoms with Crippen molar-refractivity contribution in [3.05, 3.63) is 67.0 Å². The van der Waals surface area contributed by atoms with Gasteiger partial charge in [0.1, 0.15) is 5.75 Å². The van der Waals surface area contributed by atoms with Gasteiger partial charge in [0, 0.05) is 64.3 Å². The van der Waals surface area contributed by atoms with Gasteiger partial charge in [-0.2, -0.15) is 0 Å². The fourth-order valence-corrected chi connectivity index (χ4v) is 4.96. The van der Waals surface area contributed by atoms with Crippen LogP contribution in [-0.2, 0) is 17.8 Å². The molecule has 2 aromatic heterocycles. The molecule has 0 atom stereocenters. The Balaban J connectivity index is 1.47. The minimum Gasteiger partial charge on any atom is -0.494 e. The highest BCUT2D eigenvalue weighted by Gasteiger charge is 2.19. The van der Waals surface area contributed by atoms with Crippen LogP contribution in [0.4, 0.5) is 23.0 Å². The van der Waals surface area contributed by atoms with Gasteiger partial charge in [-0.1, -0.05) is 24.8 Å². The molecule has 39 heavy (non-hydrogen) atoms. The van der Waals surface area contributed by atoms with Crippen LogP contribution in [0.3, 0.4) is 0 Å². The lowest BCUT2D eigenvalue weighted by molar-refractivity contribution is -0.111. The van der Waals surface area contributed by atoms with Gasteiger partial charge in [0.2, 0.25) is 11.9 Å². The fraction of sp³-hybridized carbons (Fsp3) is 0.300. The molecule has 1 aliphatic heterocycles. The average Bonchev–Trinajstić information content (AvgIpc) is 3.36. The Bertz CT molecular complexity index is 1720. The summed E-state index contributed by atoms with van der Waals surface area (Å²) in [6.07, 6.45) is 7.06. The molecule has 2 N–H and O–H groups in total. The first kappa shape index (κ1) is 19.7. The van der Waals surface area contributed by atoms with Gasteiger partial charge < -0.3 is 29.7 Å². The minimum absolute atomic E-state index is 0.0180. The number of likely N-dealkylation sites (N-methyl/N-ethyl adjacent to an activating group) is 2. The van der Waals surface area contributed by atoms with Crippen LogP contribution in [0.25, 0.3) is 22.2 Å². The van der Waals surface area contributed by atoms with Gasteiger partial charge >= 0.3 is 0 Å². The summed E-state index contributed by atoms with van der Waals surface area (Å²) in [5.74, 6) is 0.225. The van der Waals surface area contributed by atoms with Gasteiger partial charge in [-0.15, -0.1) is 0 Å². The highest BCUT2D eigenvalue weighted by molar-refractivity contribution is 6.02. The zero-order valence-electron chi connectivity index (χ0n) is 28.0. The lowest BCUT2D eigenvalue weighted by atomic mass is 10.0. The highest BCUT2D eigenvalue weighted by atomic mass is 16.5. The molecule has 0 radical (unpaired) electrons. The Morgan fingerprint density at radius 2 is 2.13 bits per heavy atom. The molecule has 9 heteroatoms. The molecular formula is C30H35N7O2. The number of hydrogen-bond acceptors (Lipinski definition) is 7. The zero-order chi connectivity index (χ0) is 32.5. The highest BCUT2D eigenvalue weighted by Crippen LogP contribution is 2.39. The molecule has 0 fully saturated rings. The summed E-state index contributed by atoms with van der Waals surface area (Å²) in [4.78, 5) is 23.7. The number of anilines is 4. The molecule has 202 valence electrons. The number of rotatable bonds is 10. The normalized spacial score (nSPS) is 15.4. The molecule has 5 rings (SSSR count). The van der Waals surface area contributed by atoms with Crippen molar-refractivity contribution in [1.82, 2.24) is 19.4 Å². The third kappa shape index (κ3) is 5.44. The number of amides is 1. The third-order valence-electron chi connectivity index (χ3n) is 6.84. The number of aryl methyl sites for hydroxylation is 2. The number of benzene rings is 2. The van der Waals surface area contributed by atoms with Crippen LogP contribution in [0, 0.1) is 0 Å². The van der Waals surface area contributed by atoms with Crippen molar-refractivity contribution in [3.8, 4) is 17.0 Å². The topological polar surface area (TPSA) is 87.6 Å². The van der Waals surface area contributed by atoms with Crippen molar-refractivity contribution in [1.29, 1.82) is 0 Å². The van der Waals surface area contributed by atoms with Crippen LogP contribution < -0.4 is 20.3 Å². The maximum atomic E-state index is 12.4. The Labute approximate surface area is 237 Å². The lowest BCUT2D eigenvalue weighted by Crippen LogP contribution is -2.29. The Kier molecular flexibility index (Phi) is 5.63. The summed E-state index contributed by atoms with van der Waals surface area (Å²) in [5.41, 5.74) is 5.59. The Hall–Kier alpha value is -4.37. The van der Waals surface area contributed by atoms with Crippen molar-refractivity contribution in [2.45, 2.75) is 19.4 Å². The van der Waals surface area contributed by atoms with Crippen molar-refractivity contribution >= 4 is 39.8 Å². The van der Waals surface area contributed by atoms with Crippen molar-refractivity contribution in [3.63, 3.8) is 0 Å². The van der Waals surface area contributed by atoms with E-state index in [-0.39, 0.29) is 13.1 Å². The first-order valence-corrected chi connectivity index (χ1v) is 12.7. The van der Waals surface area contributed by atoms with E-state index in [1.807, 2.05) is 6.07 Å². The van der Waals surface area contributed by atoms with Crippen molar-refractivity contribution in [2.24, 2.45) is 0 Å². The third-order valence-corrected chi connectivity index (χ3v) is 6.84. The van der Waals surface area contributed by atoms with Crippen LogP contribution >= 0.6 is 0 Å². The molecule has 4 aromatic rings.